The highest BCUT2D eigenvalue weighted by molar-refractivity contribution is 5.28. The zero-order valence-corrected chi connectivity index (χ0v) is 10.1. The summed E-state index contributed by atoms with van der Waals surface area (Å²) >= 11 is 0. The number of hydrogen-bond donors (Lipinski definition) is 1. The van der Waals surface area contributed by atoms with Gasteiger partial charge in [0.2, 0.25) is 0 Å². The Bertz CT molecular complexity index is 379. The third kappa shape index (κ3) is 1.22. The summed E-state index contributed by atoms with van der Waals surface area (Å²) in [4.78, 5) is 0. The van der Waals surface area contributed by atoms with Gasteiger partial charge in [0.1, 0.15) is 0 Å². The summed E-state index contributed by atoms with van der Waals surface area (Å²) in [5.41, 5.74) is 0.0898. The Morgan fingerprint density at radius 2 is 1.82 bits per heavy atom. The lowest BCUT2D eigenvalue weighted by atomic mass is 9.95. The Balaban J connectivity index is 1.59. The van der Waals surface area contributed by atoms with Crippen LogP contribution in [-0.2, 0) is 14.2 Å². The molecule has 0 amide bonds. The van der Waals surface area contributed by atoms with Crippen molar-refractivity contribution >= 4 is 0 Å². The molecule has 4 aliphatic rings. The molecular formula is C13H18O4. The molecule has 1 spiro atoms. The maximum Gasteiger partial charge on any atom is 0.180 e. The molecule has 0 aromatic rings. The summed E-state index contributed by atoms with van der Waals surface area (Å²) in [6.45, 7) is 5.73. The largest absolute Gasteiger partial charge is 0.386 e. The highest BCUT2D eigenvalue weighted by atomic mass is 16.7. The fourth-order valence-corrected chi connectivity index (χ4v) is 3.48. The van der Waals surface area contributed by atoms with Gasteiger partial charge in [0.15, 0.2) is 5.79 Å². The van der Waals surface area contributed by atoms with Crippen LogP contribution in [0.5, 0.6) is 0 Å². The van der Waals surface area contributed by atoms with Crippen LogP contribution in [0.25, 0.3) is 0 Å². The van der Waals surface area contributed by atoms with Gasteiger partial charge in [-0.1, -0.05) is 26.0 Å². The molecule has 1 saturated carbocycles. The monoisotopic (exact) mass is 238 g/mol. The predicted molar refractivity (Wildman–Crippen MR) is 59.2 cm³/mol. The molecule has 0 radical (unpaired) electrons. The molecule has 2 bridgehead atoms. The number of ether oxygens (including phenoxy) is 3. The maximum absolute atomic E-state index is 9.89. The lowest BCUT2D eigenvalue weighted by Crippen LogP contribution is -2.47. The minimum Gasteiger partial charge on any atom is -0.386 e. The molecule has 5 atom stereocenters. The van der Waals surface area contributed by atoms with E-state index >= 15 is 0 Å². The third-order valence-electron chi connectivity index (χ3n) is 4.44. The van der Waals surface area contributed by atoms with Crippen molar-refractivity contribution in [3.05, 3.63) is 12.2 Å². The maximum atomic E-state index is 9.89. The van der Waals surface area contributed by atoms with Crippen LogP contribution in [0.1, 0.15) is 13.8 Å². The zero-order chi connectivity index (χ0) is 11.8. The fraction of sp³-hybridized carbons (Fsp3) is 0.846. The van der Waals surface area contributed by atoms with Crippen LogP contribution in [0.2, 0.25) is 0 Å². The van der Waals surface area contributed by atoms with E-state index in [-0.39, 0.29) is 29.5 Å². The first-order chi connectivity index (χ1) is 8.04. The fourth-order valence-electron chi connectivity index (χ4n) is 3.48. The lowest BCUT2D eigenvalue weighted by molar-refractivity contribution is -0.278. The van der Waals surface area contributed by atoms with E-state index in [2.05, 4.69) is 13.8 Å². The molecule has 0 unspecified atom stereocenters. The molecule has 0 aromatic carbocycles. The van der Waals surface area contributed by atoms with E-state index in [1.54, 1.807) is 0 Å². The molecule has 4 nitrogen and oxygen atoms in total. The normalized spacial score (nSPS) is 52.5. The van der Waals surface area contributed by atoms with Crippen molar-refractivity contribution in [3.63, 3.8) is 0 Å². The Hall–Kier alpha value is -0.420. The second-order valence-electron chi connectivity index (χ2n) is 6.46. The van der Waals surface area contributed by atoms with Crippen LogP contribution in [0, 0.1) is 17.3 Å². The van der Waals surface area contributed by atoms with Gasteiger partial charge in [-0.25, -0.2) is 0 Å². The van der Waals surface area contributed by atoms with Crippen molar-refractivity contribution in [2.24, 2.45) is 17.3 Å². The van der Waals surface area contributed by atoms with E-state index in [0.29, 0.717) is 0 Å². The zero-order valence-electron chi connectivity index (χ0n) is 10.1. The average molecular weight is 238 g/mol. The summed E-state index contributed by atoms with van der Waals surface area (Å²) in [5.74, 6) is 0.0140. The van der Waals surface area contributed by atoms with Crippen molar-refractivity contribution in [2.45, 2.75) is 37.9 Å². The van der Waals surface area contributed by atoms with Gasteiger partial charge in [0, 0.05) is 5.41 Å². The van der Waals surface area contributed by atoms with E-state index in [0.717, 1.165) is 13.2 Å². The van der Waals surface area contributed by atoms with Crippen LogP contribution in [0.15, 0.2) is 12.2 Å². The van der Waals surface area contributed by atoms with Gasteiger partial charge in [0.25, 0.3) is 0 Å². The SMILES string of the molecule is CC1(C)COC2(OC1)[C@H]1[C@H]3O[C@H](C=C[C@H]3O)[C@H]12. The second-order valence-corrected chi connectivity index (χ2v) is 6.46. The topological polar surface area (TPSA) is 47.9 Å². The highest BCUT2D eigenvalue weighted by Gasteiger charge is 2.79. The van der Waals surface area contributed by atoms with E-state index in [9.17, 15) is 5.11 Å². The Labute approximate surface area is 101 Å². The van der Waals surface area contributed by atoms with Gasteiger partial charge in [-0.2, -0.15) is 0 Å². The van der Waals surface area contributed by atoms with Crippen molar-refractivity contribution in [1.82, 2.24) is 0 Å². The van der Waals surface area contributed by atoms with Crippen LogP contribution in [0.4, 0.5) is 0 Å². The quantitative estimate of drug-likeness (QED) is 0.631. The Morgan fingerprint density at radius 1 is 1.12 bits per heavy atom. The number of fused-ring (bicyclic) bond motifs is 7. The van der Waals surface area contributed by atoms with Gasteiger partial charge in [-0.15, -0.1) is 0 Å². The minimum absolute atomic E-state index is 0.0645. The van der Waals surface area contributed by atoms with Gasteiger partial charge in [-0.3, -0.25) is 0 Å². The van der Waals surface area contributed by atoms with Crippen molar-refractivity contribution < 1.29 is 19.3 Å². The second kappa shape index (κ2) is 2.94. The van der Waals surface area contributed by atoms with Crippen molar-refractivity contribution in [2.75, 3.05) is 13.2 Å². The molecule has 4 heteroatoms. The molecule has 2 saturated heterocycles. The molecule has 17 heavy (non-hydrogen) atoms. The van der Waals surface area contributed by atoms with Gasteiger partial charge in [-0.05, 0) is 0 Å². The molecule has 3 aliphatic heterocycles. The van der Waals surface area contributed by atoms with Crippen LogP contribution < -0.4 is 0 Å². The van der Waals surface area contributed by atoms with Crippen molar-refractivity contribution in [1.29, 1.82) is 0 Å². The number of aliphatic hydroxyl groups is 1. The number of hydrogen-bond acceptors (Lipinski definition) is 4. The van der Waals surface area contributed by atoms with Gasteiger partial charge >= 0.3 is 0 Å². The third-order valence-corrected chi connectivity index (χ3v) is 4.44. The first kappa shape index (κ1) is 10.5. The Kier molecular flexibility index (Phi) is 1.81. The summed E-state index contributed by atoms with van der Waals surface area (Å²) in [6, 6.07) is 0. The molecule has 94 valence electrons. The van der Waals surface area contributed by atoms with E-state index in [1.807, 2.05) is 12.2 Å². The summed E-state index contributed by atoms with van der Waals surface area (Å²) < 4.78 is 17.7. The van der Waals surface area contributed by atoms with Crippen LogP contribution in [0.3, 0.4) is 0 Å². The first-order valence-electron chi connectivity index (χ1n) is 6.33. The standard InChI is InChI=1S/C13H18O4/c1-12(2)5-15-13(16-6-12)9-8-4-3-7(14)11(17-8)10(9)13/h3-4,7-11,14H,5-6H2,1-2H3/t7-,8-,9-,10-,11+/m1/s1. The predicted octanol–water partition coefficient (Wildman–Crippen LogP) is 0.700. The summed E-state index contributed by atoms with van der Waals surface area (Å²) in [6.07, 6.45) is 3.20. The number of aliphatic hydroxyl groups excluding tert-OH is 1. The highest BCUT2D eigenvalue weighted by Crippen LogP contribution is 2.66. The molecule has 0 aromatic heterocycles. The Morgan fingerprint density at radius 3 is 2.53 bits per heavy atom. The van der Waals surface area contributed by atoms with Crippen LogP contribution >= 0.6 is 0 Å². The molecule has 3 heterocycles. The molecule has 1 aliphatic carbocycles. The van der Waals surface area contributed by atoms with E-state index in [4.69, 9.17) is 14.2 Å². The lowest BCUT2D eigenvalue weighted by Gasteiger charge is -2.39. The summed E-state index contributed by atoms with van der Waals surface area (Å²) in [7, 11) is 0. The smallest absolute Gasteiger partial charge is 0.180 e. The van der Waals surface area contributed by atoms with Gasteiger partial charge < -0.3 is 19.3 Å². The first-order valence-corrected chi connectivity index (χ1v) is 6.33. The van der Waals surface area contributed by atoms with Gasteiger partial charge in [0.05, 0.1) is 43.4 Å². The summed E-state index contributed by atoms with van der Waals surface area (Å²) in [5, 5.41) is 9.89. The van der Waals surface area contributed by atoms with Crippen molar-refractivity contribution in [3.8, 4) is 0 Å². The van der Waals surface area contributed by atoms with E-state index < -0.39 is 11.9 Å². The average Bonchev–Trinajstić information content (AvgIpc) is 2.80. The minimum atomic E-state index is -0.511. The molecule has 4 rings (SSSR count). The van der Waals surface area contributed by atoms with E-state index in [1.165, 1.54) is 0 Å². The molecule has 1 N–H and O–H groups in total. The van der Waals surface area contributed by atoms with Crippen LogP contribution in [-0.4, -0.2) is 42.4 Å². The molecule has 3 fully saturated rings. The molecular weight excluding hydrogens is 220 g/mol. The number of rotatable bonds is 0.